The Kier molecular flexibility index (Phi) is 7.21. The second-order valence-corrected chi connectivity index (χ2v) is 7.54. The molecule has 0 aliphatic heterocycles. The number of rotatable bonds is 8. The van der Waals surface area contributed by atoms with Crippen LogP contribution in [0.3, 0.4) is 0 Å². The minimum Gasteiger partial charge on any atom is -0.489 e. The second kappa shape index (κ2) is 10.1. The minimum absolute atomic E-state index is 0.0872. The molecule has 0 atom stereocenters. The number of carbonyl (C=O) groups excluding carboxylic acids is 1. The van der Waals surface area contributed by atoms with Crippen molar-refractivity contribution in [2.45, 2.75) is 33.9 Å². The second-order valence-electron chi connectivity index (χ2n) is 7.11. The van der Waals surface area contributed by atoms with Crippen molar-refractivity contribution in [3.05, 3.63) is 86.2 Å². The van der Waals surface area contributed by atoms with E-state index < -0.39 is 10.8 Å². The van der Waals surface area contributed by atoms with Gasteiger partial charge in [-0.3, -0.25) is 19.6 Å². The van der Waals surface area contributed by atoms with Gasteiger partial charge in [-0.15, -0.1) is 0 Å². The summed E-state index contributed by atoms with van der Waals surface area (Å²) in [6, 6.07) is 14.8. The molecule has 10 heteroatoms. The maximum absolute atomic E-state index is 12.2. The highest BCUT2D eigenvalue weighted by Crippen LogP contribution is 2.21. The van der Waals surface area contributed by atoms with Crippen LogP contribution >= 0.6 is 11.6 Å². The van der Waals surface area contributed by atoms with E-state index in [1.165, 1.54) is 11.6 Å². The molecule has 9 nitrogen and oxygen atoms in total. The number of hydrogen-bond acceptors (Lipinski definition) is 6. The standard InChI is InChI=1S/C22H22ClN5O4/c1-14(24-25-21(29)12-27-16(3)22(28(30)31)15(2)26-27)18-6-10-20(11-7-18)32-13-17-4-8-19(23)9-5-17/h4-11H,12-13H2,1-3H3,(H,25,29)/b24-14+. The number of hydrazone groups is 1. The summed E-state index contributed by atoms with van der Waals surface area (Å²) in [4.78, 5) is 22.8. The molecule has 0 radical (unpaired) electrons. The number of nitrogens with zero attached hydrogens (tertiary/aromatic N) is 4. The number of benzene rings is 2. The highest BCUT2D eigenvalue weighted by Gasteiger charge is 2.22. The molecule has 0 unspecified atom stereocenters. The number of ether oxygens (including phenoxy) is 1. The molecule has 3 rings (SSSR count). The zero-order valence-electron chi connectivity index (χ0n) is 17.8. The third kappa shape index (κ3) is 5.70. The molecule has 2 aromatic carbocycles. The SMILES string of the molecule is C/C(=N\NC(=O)Cn1nc(C)c([N+](=O)[O-])c1C)c1ccc(OCc2ccc(Cl)cc2)cc1. The topological polar surface area (TPSA) is 112 Å². The molecule has 0 fully saturated rings. The lowest BCUT2D eigenvalue weighted by atomic mass is 10.1. The van der Waals surface area contributed by atoms with E-state index in [2.05, 4.69) is 15.6 Å². The third-order valence-electron chi connectivity index (χ3n) is 4.76. The van der Waals surface area contributed by atoms with Gasteiger partial charge in [-0.25, -0.2) is 5.43 Å². The largest absolute Gasteiger partial charge is 0.489 e. The first-order chi connectivity index (χ1) is 15.2. The molecular weight excluding hydrogens is 434 g/mol. The normalized spacial score (nSPS) is 11.3. The van der Waals surface area contributed by atoms with E-state index in [0.717, 1.165) is 11.1 Å². The van der Waals surface area contributed by atoms with Gasteiger partial charge in [-0.2, -0.15) is 10.2 Å². The van der Waals surface area contributed by atoms with Gasteiger partial charge in [-0.1, -0.05) is 23.7 Å². The number of halogens is 1. The van der Waals surface area contributed by atoms with Crippen LogP contribution in [0, 0.1) is 24.0 Å². The first-order valence-corrected chi connectivity index (χ1v) is 10.1. The summed E-state index contributed by atoms with van der Waals surface area (Å²) < 4.78 is 7.05. The summed E-state index contributed by atoms with van der Waals surface area (Å²) in [7, 11) is 0. The number of nitrogens with one attached hydrogen (secondary N) is 1. The minimum atomic E-state index is -0.503. The van der Waals surface area contributed by atoms with Crippen LogP contribution < -0.4 is 10.2 Å². The molecule has 0 saturated carbocycles. The van der Waals surface area contributed by atoms with Gasteiger partial charge in [0.05, 0.1) is 10.6 Å². The maximum Gasteiger partial charge on any atom is 0.312 e. The Bertz CT molecular complexity index is 1150. The van der Waals surface area contributed by atoms with Gasteiger partial charge in [0, 0.05) is 5.02 Å². The van der Waals surface area contributed by atoms with E-state index in [1.807, 2.05) is 48.5 Å². The van der Waals surface area contributed by atoms with Gasteiger partial charge < -0.3 is 4.74 Å². The van der Waals surface area contributed by atoms with E-state index >= 15 is 0 Å². The van der Waals surface area contributed by atoms with Crippen LogP contribution in [-0.2, 0) is 17.9 Å². The lowest BCUT2D eigenvalue weighted by Gasteiger charge is -2.08. The quantitative estimate of drug-likeness (QED) is 0.311. The molecule has 1 amide bonds. The Labute approximate surface area is 189 Å². The van der Waals surface area contributed by atoms with Crippen LogP contribution in [0.15, 0.2) is 53.6 Å². The highest BCUT2D eigenvalue weighted by molar-refractivity contribution is 6.30. The molecule has 1 heterocycles. The van der Waals surface area contributed by atoms with Gasteiger partial charge in [0.1, 0.15) is 30.3 Å². The molecule has 166 valence electrons. The predicted molar refractivity (Wildman–Crippen MR) is 121 cm³/mol. The first kappa shape index (κ1) is 23.0. The Morgan fingerprint density at radius 3 is 2.44 bits per heavy atom. The van der Waals surface area contributed by atoms with Crippen LogP contribution in [0.1, 0.15) is 29.4 Å². The number of aryl methyl sites for hydroxylation is 1. The third-order valence-corrected chi connectivity index (χ3v) is 5.01. The molecule has 3 aromatic rings. The van der Waals surface area contributed by atoms with Crippen molar-refractivity contribution in [2.75, 3.05) is 0 Å². The lowest BCUT2D eigenvalue weighted by Crippen LogP contribution is -2.25. The summed E-state index contributed by atoms with van der Waals surface area (Å²) in [5, 5.41) is 19.9. The molecule has 1 aromatic heterocycles. The Hall–Kier alpha value is -3.72. The van der Waals surface area contributed by atoms with Crippen molar-refractivity contribution in [3.63, 3.8) is 0 Å². The van der Waals surface area contributed by atoms with Crippen molar-refractivity contribution in [1.29, 1.82) is 0 Å². The van der Waals surface area contributed by atoms with Gasteiger partial charge in [-0.05, 0) is 68.3 Å². The first-order valence-electron chi connectivity index (χ1n) is 9.74. The zero-order chi connectivity index (χ0) is 23.3. The number of hydrogen-bond donors (Lipinski definition) is 1. The number of carbonyl (C=O) groups is 1. The molecule has 1 N–H and O–H groups in total. The van der Waals surface area contributed by atoms with Gasteiger partial charge >= 0.3 is 5.69 Å². The van der Waals surface area contributed by atoms with E-state index in [4.69, 9.17) is 16.3 Å². The average Bonchev–Trinajstić information content (AvgIpc) is 3.04. The number of amides is 1. The van der Waals surface area contributed by atoms with Crippen LogP contribution in [-0.4, -0.2) is 26.3 Å². The summed E-state index contributed by atoms with van der Waals surface area (Å²) in [6.45, 7) is 5.10. The number of nitro groups is 1. The maximum atomic E-state index is 12.2. The van der Waals surface area contributed by atoms with Crippen LogP contribution in [0.25, 0.3) is 0 Å². The molecule has 0 aliphatic carbocycles. The fraction of sp³-hybridized carbons (Fsp3) is 0.227. The van der Waals surface area contributed by atoms with Crippen molar-refractivity contribution >= 4 is 28.9 Å². The number of aromatic nitrogens is 2. The van der Waals surface area contributed by atoms with Crippen molar-refractivity contribution in [2.24, 2.45) is 5.10 Å². The van der Waals surface area contributed by atoms with Crippen LogP contribution in [0.2, 0.25) is 5.02 Å². The van der Waals surface area contributed by atoms with Crippen molar-refractivity contribution in [1.82, 2.24) is 15.2 Å². The Morgan fingerprint density at radius 1 is 1.19 bits per heavy atom. The summed E-state index contributed by atoms with van der Waals surface area (Å²) in [5.41, 5.74) is 5.37. The lowest BCUT2D eigenvalue weighted by molar-refractivity contribution is -0.386. The molecule has 0 bridgehead atoms. The van der Waals surface area contributed by atoms with Crippen molar-refractivity contribution in [3.8, 4) is 5.75 Å². The van der Waals surface area contributed by atoms with E-state index in [9.17, 15) is 14.9 Å². The van der Waals surface area contributed by atoms with Crippen LogP contribution in [0.4, 0.5) is 5.69 Å². The average molecular weight is 456 g/mol. The zero-order valence-corrected chi connectivity index (χ0v) is 18.6. The van der Waals surface area contributed by atoms with Gasteiger partial charge in [0.25, 0.3) is 5.91 Å². The fourth-order valence-electron chi connectivity index (χ4n) is 3.03. The summed E-state index contributed by atoms with van der Waals surface area (Å²) in [6.07, 6.45) is 0. The van der Waals surface area contributed by atoms with Crippen LogP contribution in [0.5, 0.6) is 5.75 Å². The van der Waals surface area contributed by atoms with Gasteiger partial charge in [0.15, 0.2) is 0 Å². The summed E-state index contributed by atoms with van der Waals surface area (Å²) in [5.74, 6) is 0.263. The smallest absolute Gasteiger partial charge is 0.312 e. The van der Waals surface area contributed by atoms with E-state index in [1.54, 1.807) is 13.8 Å². The molecular formula is C22H22ClN5O4. The highest BCUT2D eigenvalue weighted by atomic mass is 35.5. The summed E-state index contributed by atoms with van der Waals surface area (Å²) >= 11 is 5.88. The molecule has 0 aliphatic rings. The van der Waals surface area contributed by atoms with E-state index in [0.29, 0.717) is 28.8 Å². The van der Waals surface area contributed by atoms with Gasteiger partial charge in [0.2, 0.25) is 0 Å². The Morgan fingerprint density at radius 2 is 1.84 bits per heavy atom. The molecule has 32 heavy (non-hydrogen) atoms. The fourth-order valence-corrected chi connectivity index (χ4v) is 3.15. The van der Waals surface area contributed by atoms with Crippen molar-refractivity contribution < 1.29 is 14.5 Å². The Balaban J connectivity index is 1.56. The molecule has 0 spiro atoms. The monoisotopic (exact) mass is 455 g/mol. The van der Waals surface area contributed by atoms with E-state index in [-0.39, 0.29) is 17.9 Å². The predicted octanol–water partition coefficient (Wildman–Crippen LogP) is 4.18. The molecule has 0 saturated heterocycles.